The first-order valence-corrected chi connectivity index (χ1v) is 18.3. The summed E-state index contributed by atoms with van der Waals surface area (Å²) in [4.78, 5) is 0. The quantitative estimate of drug-likeness (QED) is 0.144. The molecule has 3 heterocycles. The van der Waals surface area contributed by atoms with Crippen molar-refractivity contribution in [3.63, 3.8) is 0 Å². The van der Waals surface area contributed by atoms with Crippen LogP contribution in [-0.2, 0) is 14.2 Å². The molecule has 3 fully saturated rings. The van der Waals surface area contributed by atoms with Crippen LogP contribution in [0.15, 0.2) is 109 Å². The largest absolute Gasteiger partial charge is 0.491 e. The highest BCUT2D eigenvalue weighted by Crippen LogP contribution is 2.23. The van der Waals surface area contributed by atoms with Crippen molar-refractivity contribution in [1.82, 2.24) is 0 Å². The molecule has 8 rings (SSSR count). The smallest absolute Gasteiger partial charge is 0.122 e. The van der Waals surface area contributed by atoms with Crippen LogP contribution in [0.25, 0.3) is 21.5 Å². The van der Waals surface area contributed by atoms with Crippen molar-refractivity contribution in [1.29, 1.82) is 0 Å². The lowest BCUT2D eigenvalue weighted by Crippen LogP contribution is -2.04. The molecule has 3 saturated heterocycles. The lowest BCUT2D eigenvalue weighted by atomic mass is 10.1. The van der Waals surface area contributed by atoms with Crippen LogP contribution in [0.5, 0.6) is 17.2 Å². The van der Waals surface area contributed by atoms with E-state index in [1.807, 2.05) is 81.4 Å². The van der Waals surface area contributed by atoms with E-state index in [4.69, 9.17) is 28.4 Å². The van der Waals surface area contributed by atoms with Gasteiger partial charge in [-0.15, -0.1) is 0 Å². The molecule has 5 aromatic rings. The second-order valence-corrected chi connectivity index (χ2v) is 12.0. The van der Waals surface area contributed by atoms with Gasteiger partial charge in [-0.2, -0.15) is 0 Å². The summed E-state index contributed by atoms with van der Waals surface area (Å²) in [7, 11) is 0. The van der Waals surface area contributed by atoms with Crippen LogP contribution in [0.2, 0.25) is 0 Å². The molecule has 6 heteroatoms. The molecule has 0 bridgehead atoms. The van der Waals surface area contributed by atoms with E-state index in [0.29, 0.717) is 38.1 Å². The Hall–Kier alpha value is -4.10. The van der Waals surface area contributed by atoms with Crippen molar-refractivity contribution in [3.05, 3.63) is 115 Å². The van der Waals surface area contributed by atoms with E-state index in [2.05, 4.69) is 76.2 Å². The average molecular weight is 683 g/mol. The van der Waals surface area contributed by atoms with Gasteiger partial charge in [0.2, 0.25) is 0 Å². The van der Waals surface area contributed by atoms with Crippen LogP contribution in [0.4, 0.5) is 0 Å². The number of rotatable bonds is 9. The van der Waals surface area contributed by atoms with Gasteiger partial charge in [-0.3, -0.25) is 0 Å². The standard InChI is InChI=1S/2C13H12O2.C10H12O2.2C3H8.C2H6/c2*1-2-4-11-7-12(6-5-10(11)3-1)14-8-13-9-15-13;1-8-4-2-3-5-10(8)12-7-9-6-11-9;2*1-3-2;1-2/h2*1-7,13H,8-9H2;2-5,9H,6-7H2,1H3;2*3H2,1-2H3;1-2H3. The van der Waals surface area contributed by atoms with Crippen molar-refractivity contribution < 1.29 is 28.4 Å². The lowest BCUT2D eigenvalue weighted by Gasteiger charge is -2.06. The minimum atomic E-state index is 0.316. The Morgan fingerprint density at radius 3 is 1.20 bits per heavy atom. The fourth-order valence-electron chi connectivity index (χ4n) is 4.29. The van der Waals surface area contributed by atoms with Gasteiger partial charge in [-0.25, -0.2) is 0 Å². The van der Waals surface area contributed by atoms with Gasteiger partial charge in [-0.1, -0.05) is 133 Å². The monoisotopic (exact) mass is 682 g/mol. The van der Waals surface area contributed by atoms with Gasteiger partial charge in [-0.05, 0) is 64.4 Å². The molecule has 3 aliphatic rings. The zero-order valence-electron chi connectivity index (χ0n) is 31.2. The summed E-state index contributed by atoms with van der Waals surface area (Å²) in [5.74, 6) is 2.81. The Kier molecular flexibility index (Phi) is 18.8. The average Bonchev–Trinajstić information content (AvgIpc) is 3.99. The molecule has 0 radical (unpaired) electrons. The summed E-state index contributed by atoms with van der Waals surface area (Å²) in [5, 5.41) is 4.92. The van der Waals surface area contributed by atoms with E-state index in [-0.39, 0.29) is 0 Å². The number of hydrogen-bond acceptors (Lipinski definition) is 6. The van der Waals surface area contributed by atoms with E-state index in [1.165, 1.54) is 39.9 Å². The fourth-order valence-corrected chi connectivity index (χ4v) is 4.29. The molecule has 0 aliphatic carbocycles. The third kappa shape index (κ3) is 16.1. The first kappa shape index (κ1) is 40.3. The first-order chi connectivity index (χ1) is 24.5. The zero-order valence-corrected chi connectivity index (χ0v) is 31.2. The second kappa shape index (κ2) is 23.3. The van der Waals surface area contributed by atoms with Gasteiger partial charge in [0.15, 0.2) is 0 Å². The lowest BCUT2D eigenvalue weighted by molar-refractivity contribution is 0.262. The fraction of sp³-hybridized carbons (Fsp3) is 0.409. The Bertz CT molecular complexity index is 1530. The molecule has 0 N–H and O–H groups in total. The molecular weight excluding hydrogens is 624 g/mol. The van der Waals surface area contributed by atoms with E-state index in [9.17, 15) is 0 Å². The molecule has 0 amide bonds. The summed E-state index contributed by atoms with van der Waals surface area (Å²) >= 11 is 0. The van der Waals surface area contributed by atoms with Crippen LogP contribution in [0.1, 0.15) is 59.9 Å². The molecule has 5 aromatic carbocycles. The summed E-state index contributed by atoms with van der Waals surface area (Å²) < 4.78 is 32.0. The van der Waals surface area contributed by atoms with Crippen LogP contribution in [-0.4, -0.2) is 58.0 Å². The Labute approximate surface area is 300 Å². The SMILES string of the molecule is CC.CCC.CCC.Cc1ccccc1OCC1CO1.c1ccc2cc(OCC3CO3)ccc2c1.c1ccc2cc(OCC3CO3)ccc2c1. The van der Waals surface area contributed by atoms with Crippen molar-refractivity contribution >= 4 is 21.5 Å². The third-order valence-electron chi connectivity index (χ3n) is 7.04. The van der Waals surface area contributed by atoms with E-state index in [1.54, 1.807) is 0 Å². The summed E-state index contributed by atoms with van der Waals surface area (Å²) in [5.41, 5.74) is 1.18. The van der Waals surface area contributed by atoms with Gasteiger partial charge in [0.25, 0.3) is 0 Å². The van der Waals surface area contributed by atoms with Crippen molar-refractivity contribution in [2.75, 3.05) is 39.6 Å². The second-order valence-electron chi connectivity index (χ2n) is 12.0. The molecule has 50 heavy (non-hydrogen) atoms. The van der Waals surface area contributed by atoms with Crippen LogP contribution in [0.3, 0.4) is 0 Å². The zero-order chi connectivity index (χ0) is 36.0. The topological polar surface area (TPSA) is 65.3 Å². The van der Waals surface area contributed by atoms with Gasteiger partial charge in [0.1, 0.15) is 55.4 Å². The Morgan fingerprint density at radius 1 is 0.480 bits per heavy atom. The Balaban J connectivity index is 0.000000185. The minimum absolute atomic E-state index is 0.316. The number of aryl methyl sites for hydroxylation is 1. The highest BCUT2D eigenvalue weighted by molar-refractivity contribution is 5.84. The molecule has 3 aliphatic heterocycles. The molecular formula is C44H58O6. The van der Waals surface area contributed by atoms with Crippen molar-refractivity contribution in [3.8, 4) is 17.2 Å². The minimum Gasteiger partial charge on any atom is -0.491 e. The van der Waals surface area contributed by atoms with Crippen LogP contribution in [0, 0.1) is 6.92 Å². The van der Waals surface area contributed by atoms with Crippen LogP contribution < -0.4 is 14.2 Å². The number of hydrogen-bond donors (Lipinski definition) is 0. The van der Waals surface area contributed by atoms with Gasteiger partial charge >= 0.3 is 0 Å². The first-order valence-electron chi connectivity index (χ1n) is 18.3. The molecule has 3 unspecified atom stereocenters. The third-order valence-corrected chi connectivity index (χ3v) is 7.04. The maximum Gasteiger partial charge on any atom is 0.122 e. The molecule has 270 valence electrons. The number of ether oxygens (including phenoxy) is 6. The van der Waals surface area contributed by atoms with E-state index >= 15 is 0 Å². The predicted octanol–water partition coefficient (Wildman–Crippen LogP) is 10.9. The van der Waals surface area contributed by atoms with Gasteiger partial charge < -0.3 is 28.4 Å². The molecule has 3 atom stereocenters. The number of benzene rings is 5. The number of fused-ring (bicyclic) bond motifs is 2. The highest BCUT2D eigenvalue weighted by Gasteiger charge is 2.24. The summed E-state index contributed by atoms with van der Waals surface area (Å²) in [6.07, 6.45) is 3.47. The molecule has 6 nitrogen and oxygen atoms in total. The number of epoxide rings is 3. The van der Waals surface area contributed by atoms with E-state index < -0.39 is 0 Å². The molecule has 0 spiro atoms. The van der Waals surface area contributed by atoms with E-state index in [0.717, 1.165) is 37.1 Å². The maximum atomic E-state index is 5.61. The highest BCUT2D eigenvalue weighted by atomic mass is 16.6. The van der Waals surface area contributed by atoms with Gasteiger partial charge in [0.05, 0.1) is 19.8 Å². The summed E-state index contributed by atoms with van der Waals surface area (Å²) in [6, 6.07) is 36.9. The van der Waals surface area contributed by atoms with Crippen LogP contribution >= 0.6 is 0 Å². The van der Waals surface area contributed by atoms with Crippen molar-refractivity contribution in [2.24, 2.45) is 0 Å². The van der Waals surface area contributed by atoms with Crippen molar-refractivity contribution in [2.45, 2.75) is 79.6 Å². The van der Waals surface area contributed by atoms with Gasteiger partial charge in [0, 0.05) is 0 Å². The summed E-state index contributed by atoms with van der Waals surface area (Å²) in [6.45, 7) is 19.1. The Morgan fingerprint density at radius 2 is 0.820 bits per heavy atom. The predicted molar refractivity (Wildman–Crippen MR) is 208 cm³/mol. The normalized spacial score (nSPS) is 17.2. The maximum absolute atomic E-state index is 5.61. The molecule has 0 aromatic heterocycles. The molecule has 0 saturated carbocycles. The number of para-hydroxylation sites is 1.